The van der Waals surface area contributed by atoms with Gasteiger partial charge in [-0.2, -0.15) is 0 Å². The molecule has 0 aliphatic heterocycles. The van der Waals surface area contributed by atoms with Gasteiger partial charge in [0.25, 0.3) is 0 Å². The van der Waals surface area contributed by atoms with Gasteiger partial charge in [0, 0.05) is 39.9 Å². The molecule has 2 N–H and O–H groups in total. The Labute approximate surface area is 124 Å². The molecule has 2 amide bonds. The number of amides is 2. The van der Waals surface area contributed by atoms with Gasteiger partial charge in [0.05, 0.1) is 0 Å². The van der Waals surface area contributed by atoms with Gasteiger partial charge in [-0.05, 0) is 37.1 Å². The van der Waals surface area contributed by atoms with Crippen LogP contribution in [0.15, 0.2) is 22.7 Å². The number of benzene rings is 1. The Morgan fingerprint density at radius 3 is 2.68 bits per heavy atom. The van der Waals surface area contributed by atoms with E-state index >= 15 is 0 Å². The first kappa shape index (κ1) is 16.2. The van der Waals surface area contributed by atoms with Gasteiger partial charge in [-0.25, -0.2) is 4.79 Å². The molecule has 0 saturated heterocycles. The smallest absolute Gasteiger partial charge is 0.315 e. The van der Waals surface area contributed by atoms with Crippen molar-refractivity contribution >= 4 is 32.8 Å². The van der Waals surface area contributed by atoms with Crippen LogP contribution in [-0.4, -0.2) is 28.3 Å². The third kappa shape index (κ3) is 5.74. The zero-order valence-corrected chi connectivity index (χ0v) is 13.7. The van der Waals surface area contributed by atoms with Gasteiger partial charge in [-0.15, -0.1) is 0 Å². The third-order valence-electron chi connectivity index (χ3n) is 2.86. The van der Waals surface area contributed by atoms with Crippen molar-refractivity contribution < 1.29 is 9.00 Å². The first-order valence-electron chi connectivity index (χ1n) is 5.99. The molecule has 0 heterocycles. The van der Waals surface area contributed by atoms with Crippen LogP contribution in [0.2, 0.25) is 0 Å². The molecule has 1 aromatic carbocycles. The van der Waals surface area contributed by atoms with E-state index in [4.69, 9.17) is 0 Å². The molecule has 0 fully saturated rings. The van der Waals surface area contributed by atoms with Crippen molar-refractivity contribution in [3.05, 3.63) is 33.8 Å². The standard InChI is InChI=1S/C13H19BrN2O2S/c1-9-6-12(14)5-4-11(9)8-16-13(17)15-7-10(2)19(3)18/h4-6,10H,7-8H2,1-3H3,(H2,15,16,17)/t10-,19+/m0/s1. The third-order valence-corrected chi connectivity index (χ3v) is 4.65. The Morgan fingerprint density at radius 1 is 1.42 bits per heavy atom. The van der Waals surface area contributed by atoms with Gasteiger partial charge < -0.3 is 10.6 Å². The second-order valence-corrected chi connectivity index (χ2v) is 7.16. The van der Waals surface area contributed by atoms with Crippen LogP contribution in [0.4, 0.5) is 4.79 Å². The lowest BCUT2D eigenvalue weighted by Crippen LogP contribution is -2.39. The van der Waals surface area contributed by atoms with Crippen LogP contribution in [0.25, 0.3) is 0 Å². The number of halogens is 1. The van der Waals surface area contributed by atoms with Crippen molar-refractivity contribution in [2.75, 3.05) is 12.8 Å². The second kappa shape index (κ2) is 7.65. The van der Waals surface area contributed by atoms with E-state index in [1.807, 2.05) is 32.0 Å². The lowest BCUT2D eigenvalue weighted by molar-refractivity contribution is 0.240. The Hall–Kier alpha value is -0.880. The first-order valence-corrected chi connectivity index (χ1v) is 8.40. The molecular formula is C13H19BrN2O2S. The molecule has 2 atom stereocenters. The van der Waals surface area contributed by atoms with Crippen molar-refractivity contribution in [3.8, 4) is 0 Å². The normalized spacial score (nSPS) is 13.7. The number of hydrogen-bond donors (Lipinski definition) is 2. The highest BCUT2D eigenvalue weighted by Gasteiger charge is 2.08. The zero-order valence-electron chi connectivity index (χ0n) is 11.3. The van der Waals surface area contributed by atoms with Gasteiger partial charge in [0.1, 0.15) is 0 Å². The summed E-state index contributed by atoms with van der Waals surface area (Å²) < 4.78 is 12.2. The Morgan fingerprint density at radius 2 is 2.11 bits per heavy atom. The summed E-state index contributed by atoms with van der Waals surface area (Å²) in [6.07, 6.45) is 1.63. The van der Waals surface area contributed by atoms with Crippen molar-refractivity contribution in [2.24, 2.45) is 0 Å². The van der Waals surface area contributed by atoms with Gasteiger partial charge in [-0.1, -0.05) is 22.0 Å². The Kier molecular flexibility index (Phi) is 6.51. The minimum absolute atomic E-state index is 0.0415. The minimum Gasteiger partial charge on any atom is -0.337 e. The Balaban J connectivity index is 2.40. The molecule has 4 nitrogen and oxygen atoms in total. The summed E-state index contributed by atoms with van der Waals surface area (Å²) in [6.45, 7) is 4.74. The quantitative estimate of drug-likeness (QED) is 0.859. The second-order valence-electron chi connectivity index (χ2n) is 4.44. The number of nitrogens with one attached hydrogen (secondary N) is 2. The average Bonchev–Trinajstić information content (AvgIpc) is 2.34. The van der Waals surface area contributed by atoms with E-state index in [2.05, 4.69) is 26.6 Å². The fraction of sp³-hybridized carbons (Fsp3) is 0.462. The molecule has 6 heteroatoms. The lowest BCUT2D eigenvalue weighted by Gasteiger charge is -2.12. The monoisotopic (exact) mass is 346 g/mol. The maximum atomic E-state index is 11.6. The summed E-state index contributed by atoms with van der Waals surface area (Å²) in [5.41, 5.74) is 2.20. The van der Waals surface area contributed by atoms with Gasteiger partial charge in [-0.3, -0.25) is 4.21 Å². The van der Waals surface area contributed by atoms with E-state index < -0.39 is 10.8 Å². The Bertz CT molecular complexity index is 480. The van der Waals surface area contributed by atoms with Crippen molar-refractivity contribution in [3.63, 3.8) is 0 Å². The molecule has 0 aromatic heterocycles. The van der Waals surface area contributed by atoms with Crippen molar-refractivity contribution in [1.82, 2.24) is 10.6 Å². The van der Waals surface area contributed by atoms with Crippen LogP contribution in [0.1, 0.15) is 18.1 Å². The topological polar surface area (TPSA) is 58.2 Å². The highest BCUT2D eigenvalue weighted by atomic mass is 79.9. The summed E-state index contributed by atoms with van der Waals surface area (Å²) in [5.74, 6) is 0. The van der Waals surface area contributed by atoms with Gasteiger partial charge in [0.15, 0.2) is 0 Å². The van der Waals surface area contributed by atoms with Gasteiger partial charge in [0.2, 0.25) is 0 Å². The van der Waals surface area contributed by atoms with E-state index in [1.54, 1.807) is 6.26 Å². The largest absolute Gasteiger partial charge is 0.337 e. The maximum absolute atomic E-state index is 11.6. The van der Waals surface area contributed by atoms with Crippen molar-refractivity contribution in [2.45, 2.75) is 25.6 Å². The van der Waals surface area contributed by atoms with E-state index in [-0.39, 0.29) is 11.3 Å². The maximum Gasteiger partial charge on any atom is 0.315 e. The molecule has 0 aliphatic rings. The summed E-state index contributed by atoms with van der Waals surface area (Å²) in [7, 11) is -0.921. The fourth-order valence-electron chi connectivity index (χ4n) is 1.45. The molecule has 1 aromatic rings. The highest BCUT2D eigenvalue weighted by molar-refractivity contribution is 9.10. The van der Waals surface area contributed by atoms with E-state index in [0.29, 0.717) is 13.1 Å². The molecule has 0 spiro atoms. The summed E-state index contributed by atoms with van der Waals surface area (Å²) in [5, 5.41) is 5.46. The molecule has 0 saturated carbocycles. The summed E-state index contributed by atoms with van der Waals surface area (Å²) >= 11 is 3.40. The van der Waals surface area contributed by atoms with Gasteiger partial charge >= 0.3 is 6.03 Å². The number of hydrogen-bond acceptors (Lipinski definition) is 2. The number of aryl methyl sites for hydroxylation is 1. The molecule has 0 aliphatic carbocycles. The SMILES string of the molecule is Cc1cc(Br)ccc1CNC(=O)NC[C@H](C)[S@@](C)=O. The predicted molar refractivity (Wildman–Crippen MR) is 82.6 cm³/mol. The molecule has 0 radical (unpaired) electrons. The van der Waals surface area contributed by atoms with Crippen LogP contribution < -0.4 is 10.6 Å². The van der Waals surface area contributed by atoms with Crippen LogP contribution >= 0.6 is 15.9 Å². The first-order chi connectivity index (χ1) is 8.90. The van der Waals surface area contributed by atoms with Crippen molar-refractivity contribution in [1.29, 1.82) is 0 Å². The number of rotatable bonds is 5. The van der Waals surface area contributed by atoms with Crippen LogP contribution in [0.3, 0.4) is 0 Å². The molecular weight excluding hydrogens is 328 g/mol. The summed E-state index contributed by atoms with van der Waals surface area (Å²) in [6, 6.07) is 5.70. The van der Waals surface area contributed by atoms with Crippen LogP contribution in [0, 0.1) is 6.92 Å². The predicted octanol–water partition coefficient (Wildman–Crippen LogP) is 2.32. The van der Waals surface area contributed by atoms with E-state index in [0.717, 1.165) is 15.6 Å². The van der Waals surface area contributed by atoms with E-state index in [1.165, 1.54) is 0 Å². The molecule has 0 bridgehead atoms. The molecule has 106 valence electrons. The van der Waals surface area contributed by atoms with E-state index in [9.17, 15) is 9.00 Å². The van der Waals surface area contributed by atoms with Crippen LogP contribution in [-0.2, 0) is 17.3 Å². The lowest BCUT2D eigenvalue weighted by atomic mass is 10.1. The molecule has 0 unspecified atom stereocenters. The molecule has 1 rings (SSSR count). The average molecular weight is 347 g/mol. The number of carbonyl (C=O) groups excluding carboxylic acids is 1. The molecule has 19 heavy (non-hydrogen) atoms. The number of urea groups is 1. The fourth-order valence-corrected chi connectivity index (χ4v) is 2.24. The van der Waals surface area contributed by atoms with Crippen LogP contribution in [0.5, 0.6) is 0 Å². The number of carbonyl (C=O) groups is 1. The zero-order chi connectivity index (χ0) is 14.4. The minimum atomic E-state index is -0.921. The highest BCUT2D eigenvalue weighted by Crippen LogP contribution is 2.15. The summed E-state index contributed by atoms with van der Waals surface area (Å²) in [4.78, 5) is 11.6.